The van der Waals surface area contributed by atoms with Crippen LogP contribution in [0.15, 0.2) is 170 Å². The summed E-state index contributed by atoms with van der Waals surface area (Å²) in [5, 5.41) is 22.8. The van der Waals surface area contributed by atoms with E-state index in [9.17, 15) is 15.0 Å². The average molecular weight is 848 g/mol. The molecule has 2 unspecified atom stereocenters. The Bertz CT molecular complexity index is 1420. The fourth-order valence-corrected chi connectivity index (χ4v) is 6.10. The molecule has 3 N–H and O–H groups in total. The number of amides is 1. The monoisotopic (exact) mass is 848 g/mol. The maximum atomic E-state index is 12.3. The van der Waals surface area contributed by atoms with Crippen LogP contribution in [0.25, 0.3) is 0 Å². The average Bonchev–Trinajstić information content (AvgIpc) is 3.28. The number of hydrogen-bond donors (Lipinski definition) is 3. The van der Waals surface area contributed by atoms with Crippen molar-refractivity contribution in [3.05, 3.63) is 170 Å². The first-order valence-corrected chi connectivity index (χ1v) is 24.3. The first-order valence-electron chi connectivity index (χ1n) is 24.3. The number of aliphatic hydroxyl groups excluding tert-OH is 2. The van der Waals surface area contributed by atoms with Crippen molar-refractivity contribution in [3.8, 4) is 0 Å². The van der Waals surface area contributed by atoms with Gasteiger partial charge in [0, 0.05) is 6.42 Å². The Labute approximate surface area is 381 Å². The van der Waals surface area contributed by atoms with Crippen LogP contribution in [0.3, 0.4) is 0 Å². The molecule has 0 aromatic carbocycles. The zero-order valence-corrected chi connectivity index (χ0v) is 39.3. The van der Waals surface area contributed by atoms with Gasteiger partial charge in [-0.15, -0.1) is 0 Å². The molecule has 62 heavy (non-hydrogen) atoms. The Morgan fingerprint density at radius 2 is 0.742 bits per heavy atom. The molecule has 0 bridgehead atoms. The van der Waals surface area contributed by atoms with Crippen molar-refractivity contribution in [2.75, 3.05) is 6.61 Å². The van der Waals surface area contributed by atoms with Crippen LogP contribution in [0, 0.1) is 0 Å². The summed E-state index contributed by atoms with van der Waals surface area (Å²) in [5.74, 6) is -0.102. The molecule has 0 radical (unpaired) electrons. The lowest BCUT2D eigenvalue weighted by Crippen LogP contribution is -2.45. The normalized spacial score (nSPS) is 14.5. The lowest BCUT2D eigenvalue weighted by atomic mass is 10.1. The molecule has 4 nitrogen and oxygen atoms in total. The molecule has 0 saturated heterocycles. The van der Waals surface area contributed by atoms with E-state index in [0.29, 0.717) is 6.42 Å². The molecule has 0 saturated carbocycles. The predicted octanol–water partition coefficient (Wildman–Crippen LogP) is 16.0. The smallest absolute Gasteiger partial charge is 0.220 e. The third kappa shape index (κ3) is 46.8. The summed E-state index contributed by atoms with van der Waals surface area (Å²) in [7, 11) is 0. The van der Waals surface area contributed by atoms with Crippen molar-refractivity contribution in [2.24, 2.45) is 0 Å². The molecule has 0 aromatic heterocycles. The highest BCUT2D eigenvalue weighted by Crippen LogP contribution is 2.11. The second kappa shape index (κ2) is 51.1. The minimum absolute atomic E-state index is 0.102. The van der Waals surface area contributed by atoms with E-state index in [2.05, 4.69) is 170 Å². The maximum absolute atomic E-state index is 12.3. The molecule has 0 heterocycles. The summed E-state index contributed by atoms with van der Waals surface area (Å²) in [6.07, 6.45) is 85.0. The first kappa shape index (κ1) is 57.8. The Morgan fingerprint density at radius 3 is 1.13 bits per heavy atom. The van der Waals surface area contributed by atoms with E-state index < -0.39 is 12.1 Å². The second-order valence-corrected chi connectivity index (χ2v) is 15.4. The van der Waals surface area contributed by atoms with Gasteiger partial charge in [0.1, 0.15) is 0 Å². The van der Waals surface area contributed by atoms with Gasteiger partial charge in [-0.3, -0.25) is 4.79 Å². The van der Waals surface area contributed by atoms with Crippen molar-refractivity contribution >= 4 is 5.91 Å². The Balaban J connectivity index is 3.69. The Hall–Kier alpha value is -4.25. The van der Waals surface area contributed by atoms with Gasteiger partial charge in [0.2, 0.25) is 5.91 Å². The fourth-order valence-electron chi connectivity index (χ4n) is 6.10. The second-order valence-electron chi connectivity index (χ2n) is 15.4. The maximum Gasteiger partial charge on any atom is 0.220 e. The largest absolute Gasteiger partial charge is 0.394 e. The van der Waals surface area contributed by atoms with Crippen LogP contribution in [0.2, 0.25) is 0 Å². The zero-order chi connectivity index (χ0) is 44.9. The van der Waals surface area contributed by atoms with E-state index in [1.165, 1.54) is 25.7 Å². The van der Waals surface area contributed by atoms with Crippen LogP contribution in [0.4, 0.5) is 0 Å². The summed E-state index contributed by atoms with van der Waals surface area (Å²) in [6.45, 7) is 3.91. The molecule has 0 aliphatic rings. The Morgan fingerprint density at radius 1 is 0.419 bits per heavy atom. The quantitative estimate of drug-likeness (QED) is 0.0424. The number of carbonyl (C=O) groups excluding carboxylic acids is 1. The predicted molar refractivity (Wildman–Crippen MR) is 275 cm³/mol. The van der Waals surface area contributed by atoms with Crippen LogP contribution in [-0.2, 0) is 4.79 Å². The topological polar surface area (TPSA) is 69.6 Å². The van der Waals surface area contributed by atoms with Gasteiger partial charge in [-0.25, -0.2) is 0 Å². The van der Waals surface area contributed by atoms with E-state index in [4.69, 9.17) is 0 Å². The number of carbonyl (C=O) groups is 1. The van der Waals surface area contributed by atoms with Gasteiger partial charge in [0.15, 0.2) is 0 Å². The summed E-state index contributed by atoms with van der Waals surface area (Å²) in [4.78, 5) is 12.3. The molecule has 2 atom stereocenters. The highest BCUT2D eigenvalue weighted by Gasteiger charge is 2.17. The van der Waals surface area contributed by atoms with Crippen molar-refractivity contribution in [3.63, 3.8) is 0 Å². The highest BCUT2D eigenvalue weighted by atomic mass is 16.3. The molecule has 4 heteroatoms. The van der Waals surface area contributed by atoms with E-state index in [1.807, 2.05) is 13.0 Å². The van der Waals surface area contributed by atoms with Crippen LogP contribution in [-0.4, -0.2) is 34.9 Å². The third-order valence-corrected chi connectivity index (χ3v) is 9.76. The van der Waals surface area contributed by atoms with Crippen molar-refractivity contribution < 1.29 is 15.0 Å². The van der Waals surface area contributed by atoms with E-state index in [-0.39, 0.29) is 12.5 Å². The molecular formula is C58H89NO3. The first-order chi connectivity index (χ1) is 30.7. The Kier molecular flexibility index (Phi) is 47.6. The molecular weight excluding hydrogens is 759 g/mol. The number of unbranched alkanes of at least 4 members (excludes halogenated alkanes) is 9. The molecule has 0 aliphatic carbocycles. The van der Waals surface area contributed by atoms with Gasteiger partial charge >= 0.3 is 0 Å². The SMILES string of the molecule is C/C=C/CC/C=C/CC/C=C/C(O)C(CO)NC(=O)CCCCCCCCC/C=C\C/C=C\C/C=C\C/C=C\C/C=C\C/C=C\C/C=C\C/C=C\C/C=C\C/C=C\C/C=C\CC. The zero-order valence-electron chi connectivity index (χ0n) is 39.3. The minimum atomic E-state index is -0.884. The molecule has 0 aromatic rings. The molecule has 0 fully saturated rings. The number of hydrogen-bond acceptors (Lipinski definition) is 3. The van der Waals surface area contributed by atoms with Crippen molar-refractivity contribution in [1.29, 1.82) is 0 Å². The van der Waals surface area contributed by atoms with Gasteiger partial charge in [-0.1, -0.05) is 209 Å². The molecule has 0 rings (SSSR count). The third-order valence-electron chi connectivity index (χ3n) is 9.76. The van der Waals surface area contributed by atoms with Gasteiger partial charge < -0.3 is 15.5 Å². The van der Waals surface area contributed by atoms with Crippen molar-refractivity contribution in [1.82, 2.24) is 5.32 Å². The van der Waals surface area contributed by atoms with Crippen LogP contribution in [0.1, 0.15) is 168 Å². The van der Waals surface area contributed by atoms with Gasteiger partial charge in [0.05, 0.1) is 18.8 Å². The van der Waals surface area contributed by atoms with Gasteiger partial charge in [-0.2, -0.15) is 0 Å². The van der Waals surface area contributed by atoms with Crippen LogP contribution >= 0.6 is 0 Å². The number of allylic oxidation sites excluding steroid dienone is 27. The highest BCUT2D eigenvalue weighted by molar-refractivity contribution is 5.76. The molecule has 0 aliphatic heterocycles. The van der Waals surface area contributed by atoms with Crippen LogP contribution < -0.4 is 5.32 Å². The molecule has 1 amide bonds. The summed E-state index contributed by atoms with van der Waals surface area (Å²) in [6, 6.07) is -0.661. The number of nitrogens with one attached hydrogen (secondary N) is 1. The van der Waals surface area contributed by atoms with Crippen LogP contribution in [0.5, 0.6) is 0 Å². The number of rotatable bonds is 41. The van der Waals surface area contributed by atoms with E-state index >= 15 is 0 Å². The lowest BCUT2D eigenvalue weighted by Gasteiger charge is -2.19. The van der Waals surface area contributed by atoms with Gasteiger partial charge in [-0.05, 0) is 122 Å². The van der Waals surface area contributed by atoms with Gasteiger partial charge in [0.25, 0.3) is 0 Å². The minimum Gasteiger partial charge on any atom is -0.394 e. The summed E-state index contributed by atoms with van der Waals surface area (Å²) < 4.78 is 0. The number of aliphatic hydroxyl groups is 2. The standard InChI is InChI=1S/C58H89NO3/c1-3-5-7-9-11-13-14-15-16-17-18-19-20-21-22-23-24-25-26-27-28-29-30-31-32-33-34-35-36-37-38-39-40-41-42-43-44-46-48-50-52-54-58(62)59-56(55-60)57(61)53-51-49-47-45-12-10-8-6-4-2/h4-7,11-13,15-16,18-19,21-22,24-25,27-28,30-31,33-34,36-37,39-40,45,51,53,56-57,60-61H,3,8-10,14,17,20,23,26,29,32,35,38,41-44,46-50,52,54-55H2,1-2H3,(H,59,62)/b6-4+,7-5-,13-11-,16-15-,19-18-,22-21-,25-24-,28-27-,31-30-,34-33-,37-36-,40-39-,45-12+,53-51+. The van der Waals surface area contributed by atoms with E-state index in [0.717, 1.165) is 122 Å². The molecule has 0 spiro atoms. The van der Waals surface area contributed by atoms with E-state index in [1.54, 1.807) is 6.08 Å². The fraction of sp³-hybridized carbons (Fsp3) is 0.500. The molecule has 344 valence electrons. The van der Waals surface area contributed by atoms with Crippen molar-refractivity contribution in [2.45, 2.75) is 180 Å². The summed E-state index contributed by atoms with van der Waals surface area (Å²) >= 11 is 0. The lowest BCUT2D eigenvalue weighted by molar-refractivity contribution is -0.123. The summed E-state index contributed by atoms with van der Waals surface area (Å²) in [5.41, 5.74) is 0.